The molecule has 4 saturated carbocycles. The van der Waals surface area contributed by atoms with Gasteiger partial charge in [-0.05, 0) is 114 Å². The molecule has 2 N–H and O–H groups in total. The lowest BCUT2D eigenvalue weighted by molar-refractivity contribution is -0.182. The van der Waals surface area contributed by atoms with Gasteiger partial charge in [0.1, 0.15) is 0 Å². The topological polar surface area (TPSA) is 26.0 Å². The Balaban J connectivity index is 1.55. The number of rotatable bonds is 5. The van der Waals surface area contributed by atoms with Crippen LogP contribution >= 0.6 is 0 Å². The summed E-state index contributed by atoms with van der Waals surface area (Å²) >= 11 is 0. The zero-order valence-electron chi connectivity index (χ0n) is 23.3. The van der Waals surface area contributed by atoms with Crippen molar-refractivity contribution in [2.24, 2.45) is 68.8 Å². The molecule has 0 radical (unpaired) electrons. The van der Waals surface area contributed by atoms with E-state index in [0.29, 0.717) is 27.7 Å². The standard InChI is InChI=1S/C31H57N/c1-20(2)21(3)10-11-22(4)23-14-18-31(9)25-12-13-26-28(5,6)27(32)16-17-29(26,7)24(25)15-19-30(23,31)8/h20-27H,10-19,32H2,1-9H3. The minimum Gasteiger partial charge on any atom is -0.327 e. The molecule has 4 aliphatic carbocycles. The van der Waals surface area contributed by atoms with Crippen molar-refractivity contribution in [2.75, 3.05) is 0 Å². The van der Waals surface area contributed by atoms with Gasteiger partial charge in [0, 0.05) is 6.04 Å². The molecule has 0 aliphatic heterocycles. The SMILES string of the molecule is CC(C)C(C)CCC(C)C1CCC2(C)C3CCC4C(C)(C)C(N)CCC4(C)C3CCC12C. The predicted octanol–water partition coefficient (Wildman–Crippen LogP) is 8.71. The molecule has 1 heteroatoms. The highest BCUT2D eigenvalue weighted by atomic mass is 14.8. The smallest absolute Gasteiger partial charge is 0.00933 e. The highest BCUT2D eigenvalue weighted by Crippen LogP contribution is 2.74. The zero-order chi connectivity index (χ0) is 23.7. The van der Waals surface area contributed by atoms with E-state index in [9.17, 15) is 0 Å². The second-order valence-electron chi connectivity index (χ2n) is 15.1. The minimum absolute atomic E-state index is 0.305. The Morgan fingerprint density at radius 1 is 0.719 bits per heavy atom. The average Bonchev–Trinajstić information content (AvgIpc) is 3.00. The van der Waals surface area contributed by atoms with E-state index in [0.717, 1.165) is 41.4 Å². The van der Waals surface area contributed by atoms with Crippen LogP contribution in [0.15, 0.2) is 0 Å². The van der Waals surface area contributed by atoms with Crippen LogP contribution in [0.4, 0.5) is 0 Å². The van der Waals surface area contributed by atoms with Gasteiger partial charge in [0.2, 0.25) is 0 Å². The quantitative estimate of drug-likeness (QED) is 0.451. The van der Waals surface area contributed by atoms with Gasteiger partial charge < -0.3 is 5.73 Å². The van der Waals surface area contributed by atoms with Gasteiger partial charge in [-0.2, -0.15) is 0 Å². The van der Waals surface area contributed by atoms with Crippen LogP contribution in [0.5, 0.6) is 0 Å². The lowest BCUT2D eigenvalue weighted by Crippen LogP contribution is -2.62. The van der Waals surface area contributed by atoms with E-state index in [1.54, 1.807) is 0 Å². The summed E-state index contributed by atoms with van der Waals surface area (Å²) < 4.78 is 0. The fraction of sp³-hybridized carbons (Fsp3) is 1.00. The van der Waals surface area contributed by atoms with Gasteiger partial charge >= 0.3 is 0 Å². The van der Waals surface area contributed by atoms with Gasteiger partial charge in [-0.1, -0.05) is 75.2 Å². The van der Waals surface area contributed by atoms with Crippen molar-refractivity contribution >= 4 is 0 Å². The molecule has 10 unspecified atom stereocenters. The van der Waals surface area contributed by atoms with Gasteiger partial charge in [0.15, 0.2) is 0 Å². The molecule has 0 spiro atoms. The Kier molecular flexibility index (Phi) is 6.48. The maximum absolute atomic E-state index is 6.70. The maximum Gasteiger partial charge on any atom is 0.00933 e. The van der Waals surface area contributed by atoms with Crippen molar-refractivity contribution in [3.8, 4) is 0 Å². The monoisotopic (exact) mass is 443 g/mol. The Labute approximate surface area is 201 Å². The van der Waals surface area contributed by atoms with Crippen LogP contribution in [0.25, 0.3) is 0 Å². The van der Waals surface area contributed by atoms with Gasteiger partial charge in [-0.3, -0.25) is 0 Å². The van der Waals surface area contributed by atoms with E-state index < -0.39 is 0 Å². The molecule has 0 amide bonds. The van der Waals surface area contributed by atoms with Gasteiger partial charge in [-0.25, -0.2) is 0 Å². The number of fused-ring (bicyclic) bond motifs is 5. The summed E-state index contributed by atoms with van der Waals surface area (Å²) in [6, 6.07) is 0.395. The number of nitrogens with two attached hydrogens (primary N) is 1. The molecule has 4 fully saturated rings. The average molecular weight is 444 g/mol. The first kappa shape index (κ1) is 25.1. The summed E-state index contributed by atoms with van der Waals surface area (Å²) in [4.78, 5) is 0. The van der Waals surface area contributed by atoms with E-state index in [2.05, 4.69) is 62.3 Å². The summed E-state index contributed by atoms with van der Waals surface area (Å²) in [5, 5.41) is 0. The summed E-state index contributed by atoms with van der Waals surface area (Å²) in [6.07, 6.45) is 14.3. The van der Waals surface area contributed by atoms with Crippen LogP contribution < -0.4 is 5.73 Å². The third-order valence-electron chi connectivity index (χ3n) is 13.5. The van der Waals surface area contributed by atoms with Crippen LogP contribution in [0, 0.1) is 63.1 Å². The molecule has 0 heterocycles. The van der Waals surface area contributed by atoms with E-state index in [1.807, 2.05) is 0 Å². The lowest BCUT2D eigenvalue weighted by Gasteiger charge is -2.67. The van der Waals surface area contributed by atoms with E-state index in [4.69, 9.17) is 5.73 Å². The summed E-state index contributed by atoms with van der Waals surface area (Å²) in [5.41, 5.74) is 8.63. The Morgan fingerprint density at radius 3 is 2.03 bits per heavy atom. The molecule has 32 heavy (non-hydrogen) atoms. The van der Waals surface area contributed by atoms with E-state index in [1.165, 1.54) is 64.2 Å². The van der Waals surface area contributed by atoms with Gasteiger partial charge in [0.25, 0.3) is 0 Å². The molecule has 1 nitrogen and oxygen atoms in total. The Bertz CT molecular complexity index is 680. The van der Waals surface area contributed by atoms with Gasteiger partial charge in [-0.15, -0.1) is 0 Å². The fourth-order valence-electron chi connectivity index (χ4n) is 10.6. The van der Waals surface area contributed by atoms with Crippen molar-refractivity contribution in [1.29, 1.82) is 0 Å². The summed E-state index contributed by atoms with van der Waals surface area (Å²) in [5.74, 6) is 6.21. The molecule has 4 rings (SSSR count). The molecule has 0 aromatic carbocycles. The van der Waals surface area contributed by atoms with Crippen LogP contribution in [-0.2, 0) is 0 Å². The third kappa shape index (κ3) is 3.48. The molecular formula is C31H57N. The first-order chi connectivity index (χ1) is 14.8. The number of hydrogen-bond acceptors (Lipinski definition) is 1. The van der Waals surface area contributed by atoms with Crippen molar-refractivity contribution in [3.05, 3.63) is 0 Å². The van der Waals surface area contributed by atoms with E-state index in [-0.39, 0.29) is 0 Å². The largest absolute Gasteiger partial charge is 0.327 e. The lowest BCUT2D eigenvalue weighted by atomic mass is 9.38. The summed E-state index contributed by atoms with van der Waals surface area (Å²) in [7, 11) is 0. The highest BCUT2D eigenvalue weighted by Gasteiger charge is 2.67. The normalized spacial score (nSPS) is 49.8. The van der Waals surface area contributed by atoms with Crippen molar-refractivity contribution < 1.29 is 0 Å². The van der Waals surface area contributed by atoms with Crippen molar-refractivity contribution in [1.82, 2.24) is 0 Å². The van der Waals surface area contributed by atoms with Crippen molar-refractivity contribution in [2.45, 2.75) is 133 Å². The Hall–Kier alpha value is -0.0400. The third-order valence-corrected chi connectivity index (χ3v) is 13.5. The molecule has 4 aliphatic rings. The second-order valence-corrected chi connectivity index (χ2v) is 15.1. The predicted molar refractivity (Wildman–Crippen MR) is 139 cm³/mol. The molecule has 10 atom stereocenters. The maximum atomic E-state index is 6.70. The van der Waals surface area contributed by atoms with Gasteiger partial charge in [0.05, 0.1) is 0 Å². The van der Waals surface area contributed by atoms with Crippen LogP contribution in [0.1, 0.15) is 127 Å². The highest BCUT2D eigenvalue weighted by molar-refractivity contribution is 5.16. The van der Waals surface area contributed by atoms with Crippen molar-refractivity contribution in [3.63, 3.8) is 0 Å². The molecule has 0 saturated heterocycles. The van der Waals surface area contributed by atoms with Crippen LogP contribution in [-0.4, -0.2) is 6.04 Å². The first-order valence-corrected chi connectivity index (χ1v) is 14.5. The molecular weight excluding hydrogens is 386 g/mol. The fourth-order valence-corrected chi connectivity index (χ4v) is 10.6. The van der Waals surface area contributed by atoms with Crippen LogP contribution in [0.2, 0.25) is 0 Å². The Morgan fingerprint density at radius 2 is 1.38 bits per heavy atom. The molecule has 0 bridgehead atoms. The minimum atomic E-state index is 0.305. The number of hydrogen-bond donors (Lipinski definition) is 1. The van der Waals surface area contributed by atoms with Crippen LogP contribution in [0.3, 0.4) is 0 Å². The van der Waals surface area contributed by atoms with E-state index >= 15 is 0 Å². The second kappa shape index (κ2) is 8.27. The molecule has 0 aromatic heterocycles. The zero-order valence-corrected chi connectivity index (χ0v) is 23.3. The molecule has 0 aromatic rings. The summed E-state index contributed by atoms with van der Waals surface area (Å²) in [6.45, 7) is 23.1. The molecule has 186 valence electrons. The first-order valence-electron chi connectivity index (χ1n) is 14.5.